The first kappa shape index (κ1) is 12.8. The molecule has 1 heterocycles. The minimum absolute atomic E-state index is 0.223. The smallest absolute Gasteiger partial charge is 0.274 e. The van der Waals surface area contributed by atoms with E-state index in [0.29, 0.717) is 5.69 Å². The number of amides is 1. The van der Waals surface area contributed by atoms with Crippen LogP contribution in [0.4, 0.5) is 5.69 Å². The number of nitrogens with zero attached hydrogens (tertiary/aromatic N) is 1. The number of anilines is 1. The summed E-state index contributed by atoms with van der Waals surface area (Å²) in [4.78, 5) is 15.9. The fourth-order valence-electron chi connectivity index (χ4n) is 1.41. The van der Waals surface area contributed by atoms with Gasteiger partial charge in [0, 0.05) is 9.77 Å². The molecule has 0 aliphatic heterocycles. The molecule has 0 saturated carbocycles. The van der Waals surface area contributed by atoms with E-state index >= 15 is 0 Å². The van der Waals surface area contributed by atoms with Crippen molar-refractivity contribution in [3.8, 4) is 5.75 Å². The summed E-state index contributed by atoms with van der Waals surface area (Å²) in [5, 5.41) is 2.81. The van der Waals surface area contributed by atoms with Gasteiger partial charge >= 0.3 is 0 Å². The summed E-state index contributed by atoms with van der Waals surface area (Å²) < 4.78 is 6.02. The van der Waals surface area contributed by atoms with Gasteiger partial charge in [-0.3, -0.25) is 9.78 Å². The van der Waals surface area contributed by atoms with Gasteiger partial charge in [0.05, 0.1) is 12.8 Å². The van der Waals surface area contributed by atoms with E-state index in [-0.39, 0.29) is 5.91 Å². The lowest BCUT2D eigenvalue weighted by Gasteiger charge is -2.08. The summed E-state index contributed by atoms with van der Waals surface area (Å²) in [6, 6.07) is 10.7. The molecule has 0 radical (unpaired) electrons. The number of halogens is 1. The lowest BCUT2D eigenvalue weighted by molar-refractivity contribution is 0.102. The number of nitrogens with one attached hydrogen (secondary N) is 1. The summed E-state index contributed by atoms with van der Waals surface area (Å²) in [6.07, 6.45) is 1.59. The average Bonchev–Trinajstić information content (AvgIpc) is 2.42. The van der Waals surface area contributed by atoms with Crippen molar-refractivity contribution in [1.29, 1.82) is 0 Å². The molecular weight excluding hydrogens is 343 g/mol. The number of pyridine rings is 1. The fourth-order valence-corrected chi connectivity index (χ4v) is 2.03. The van der Waals surface area contributed by atoms with Crippen LogP contribution in [0.2, 0.25) is 0 Å². The largest absolute Gasteiger partial charge is 0.497 e. The van der Waals surface area contributed by atoms with Crippen molar-refractivity contribution < 1.29 is 9.53 Å². The monoisotopic (exact) mass is 354 g/mol. The van der Waals surface area contributed by atoms with Crippen LogP contribution in [-0.2, 0) is 0 Å². The molecule has 0 saturated heterocycles. The highest BCUT2D eigenvalue weighted by atomic mass is 127. The zero-order valence-electron chi connectivity index (χ0n) is 9.68. The SMILES string of the molecule is COc1ccc(NC(=O)c2ccccn2)c(I)c1. The molecular formula is C13H11IN2O2. The molecule has 0 aliphatic carbocycles. The van der Waals surface area contributed by atoms with Crippen LogP contribution >= 0.6 is 22.6 Å². The van der Waals surface area contributed by atoms with Crippen LogP contribution in [0, 0.1) is 3.57 Å². The van der Waals surface area contributed by atoms with E-state index < -0.39 is 0 Å². The number of hydrogen-bond donors (Lipinski definition) is 1. The summed E-state index contributed by atoms with van der Waals surface area (Å²) in [5.41, 5.74) is 1.14. The first-order valence-corrected chi connectivity index (χ1v) is 6.34. The van der Waals surface area contributed by atoms with Gasteiger partial charge in [-0.25, -0.2) is 0 Å². The molecule has 2 aromatic rings. The molecule has 1 aromatic carbocycles. The van der Waals surface area contributed by atoms with Crippen LogP contribution in [0.1, 0.15) is 10.5 Å². The van der Waals surface area contributed by atoms with Gasteiger partial charge < -0.3 is 10.1 Å². The minimum Gasteiger partial charge on any atom is -0.497 e. The molecule has 0 spiro atoms. The third-order valence-electron chi connectivity index (χ3n) is 2.32. The second kappa shape index (κ2) is 5.81. The quantitative estimate of drug-likeness (QED) is 0.863. The van der Waals surface area contributed by atoms with Crippen molar-refractivity contribution in [1.82, 2.24) is 4.98 Å². The van der Waals surface area contributed by atoms with E-state index in [0.717, 1.165) is 15.0 Å². The van der Waals surface area contributed by atoms with Crippen LogP contribution < -0.4 is 10.1 Å². The highest BCUT2D eigenvalue weighted by Crippen LogP contribution is 2.23. The maximum atomic E-state index is 11.9. The van der Waals surface area contributed by atoms with E-state index in [1.54, 1.807) is 43.6 Å². The van der Waals surface area contributed by atoms with E-state index in [9.17, 15) is 4.79 Å². The molecule has 0 unspecified atom stereocenters. The number of aromatic nitrogens is 1. The Morgan fingerprint density at radius 1 is 1.33 bits per heavy atom. The van der Waals surface area contributed by atoms with Gasteiger partial charge in [-0.1, -0.05) is 6.07 Å². The zero-order valence-corrected chi connectivity index (χ0v) is 11.8. The fraction of sp³-hybridized carbons (Fsp3) is 0.0769. The normalized spacial score (nSPS) is 9.89. The number of hydrogen-bond acceptors (Lipinski definition) is 3. The molecule has 18 heavy (non-hydrogen) atoms. The lowest BCUT2D eigenvalue weighted by Crippen LogP contribution is -2.14. The van der Waals surface area contributed by atoms with Crippen LogP contribution in [0.15, 0.2) is 42.6 Å². The Labute approximate surface area is 119 Å². The summed E-state index contributed by atoms with van der Waals surface area (Å²) in [7, 11) is 1.61. The third kappa shape index (κ3) is 2.98. The van der Waals surface area contributed by atoms with E-state index in [1.165, 1.54) is 0 Å². The number of benzene rings is 1. The summed E-state index contributed by atoms with van der Waals surface area (Å²) >= 11 is 2.15. The second-order valence-corrected chi connectivity index (χ2v) is 4.68. The van der Waals surface area contributed by atoms with Gasteiger partial charge in [-0.05, 0) is 52.9 Å². The molecule has 0 fully saturated rings. The first-order valence-electron chi connectivity index (χ1n) is 5.26. The summed E-state index contributed by atoms with van der Waals surface area (Å²) in [6.45, 7) is 0. The maximum Gasteiger partial charge on any atom is 0.274 e. The average molecular weight is 354 g/mol. The van der Waals surface area contributed by atoms with Crippen molar-refractivity contribution in [3.05, 3.63) is 51.9 Å². The van der Waals surface area contributed by atoms with E-state index in [4.69, 9.17) is 4.74 Å². The number of ether oxygens (including phenoxy) is 1. The Kier molecular flexibility index (Phi) is 4.14. The molecule has 5 heteroatoms. The second-order valence-electron chi connectivity index (χ2n) is 3.51. The van der Waals surface area contributed by atoms with Gasteiger partial charge in [0.2, 0.25) is 0 Å². The van der Waals surface area contributed by atoms with Gasteiger partial charge in [-0.2, -0.15) is 0 Å². The topological polar surface area (TPSA) is 51.2 Å². The lowest BCUT2D eigenvalue weighted by atomic mass is 10.3. The molecule has 1 N–H and O–H groups in total. The number of carbonyl (C=O) groups is 1. The van der Waals surface area contributed by atoms with Crippen molar-refractivity contribution in [2.75, 3.05) is 12.4 Å². The highest BCUT2D eigenvalue weighted by molar-refractivity contribution is 14.1. The molecule has 0 bridgehead atoms. The molecule has 1 aromatic heterocycles. The Balaban J connectivity index is 2.17. The van der Waals surface area contributed by atoms with E-state index in [1.807, 2.05) is 6.07 Å². The first-order chi connectivity index (χ1) is 8.70. The zero-order chi connectivity index (χ0) is 13.0. The minimum atomic E-state index is -0.223. The van der Waals surface area contributed by atoms with Gasteiger partial charge in [0.15, 0.2) is 0 Å². The van der Waals surface area contributed by atoms with Crippen LogP contribution in [0.5, 0.6) is 5.75 Å². The molecule has 92 valence electrons. The Hall–Kier alpha value is -1.63. The number of carbonyl (C=O) groups excluding carboxylic acids is 1. The maximum absolute atomic E-state index is 11.9. The van der Waals surface area contributed by atoms with Crippen molar-refractivity contribution >= 4 is 34.2 Å². The number of methoxy groups -OCH3 is 1. The van der Waals surface area contributed by atoms with Gasteiger partial charge in [0.1, 0.15) is 11.4 Å². The Morgan fingerprint density at radius 2 is 2.17 bits per heavy atom. The molecule has 2 rings (SSSR count). The summed E-state index contributed by atoms with van der Waals surface area (Å²) in [5.74, 6) is 0.536. The Morgan fingerprint density at radius 3 is 2.78 bits per heavy atom. The van der Waals surface area contributed by atoms with Gasteiger partial charge in [-0.15, -0.1) is 0 Å². The standard InChI is InChI=1S/C13H11IN2O2/c1-18-9-5-6-11(10(14)8-9)16-13(17)12-4-2-3-7-15-12/h2-8H,1H3,(H,16,17). The van der Waals surface area contributed by atoms with Crippen LogP contribution in [0.25, 0.3) is 0 Å². The number of rotatable bonds is 3. The van der Waals surface area contributed by atoms with Crippen molar-refractivity contribution in [2.24, 2.45) is 0 Å². The molecule has 4 nitrogen and oxygen atoms in total. The van der Waals surface area contributed by atoms with Gasteiger partial charge in [0.25, 0.3) is 5.91 Å². The van der Waals surface area contributed by atoms with Crippen LogP contribution in [-0.4, -0.2) is 18.0 Å². The van der Waals surface area contributed by atoms with Crippen molar-refractivity contribution in [2.45, 2.75) is 0 Å². The van der Waals surface area contributed by atoms with E-state index in [2.05, 4.69) is 32.9 Å². The molecule has 0 atom stereocenters. The van der Waals surface area contributed by atoms with Crippen LogP contribution in [0.3, 0.4) is 0 Å². The third-order valence-corrected chi connectivity index (χ3v) is 3.21. The predicted octanol–water partition coefficient (Wildman–Crippen LogP) is 2.95. The highest BCUT2D eigenvalue weighted by Gasteiger charge is 2.09. The molecule has 0 aliphatic rings. The molecule has 1 amide bonds. The predicted molar refractivity (Wildman–Crippen MR) is 77.9 cm³/mol. The Bertz CT molecular complexity index is 558. The van der Waals surface area contributed by atoms with Crippen molar-refractivity contribution in [3.63, 3.8) is 0 Å².